The minimum atomic E-state index is -1.63. The van der Waals surface area contributed by atoms with Gasteiger partial charge in [-0.1, -0.05) is 0 Å². The quantitative estimate of drug-likeness (QED) is 0.488. The maximum absolute atomic E-state index is 12.7. The molecule has 0 aliphatic heterocycles. The van der Waals surface area contributed by atoms with E-state index in [9.17, 15) is 4.39 Å². The summed E-state index contributed by atoms with van der Waals surface area (Å²) in [6.45, 7) is 2.68. The first-order valence-electron chi connectivity index (χ1n) is 3.13. The summed E-state index contributed by atoms with van der Waals surface area (Å²) in [5, 5.41) is 16.9. The number of aliphatic hydroxyl groups is 2. The van der Waals surface area contributed by atoms with Crippen LogP contribution >= 0.6 is 0 Å². The van der Waals surface area contributed by atoms with Crippen LogP contribution in [0.15, 0.2) is 0 Å². The minimum Gasteiger partial charge on any atom is -0.367 e. The van der Waals surface area contributed by atoms with E-state index in [2.05, 4.69) is 0 Å². The van der Waals surface area contributed by atoms with Crippen LogP contribution in [0.1, 0.15) is 20.3 Å². The average molecular weight is 151 g/mol. The maximum atomic E-state index is 12.7. The fourth-order valence-electron chi connectivity index (χ4n) is 0.666. The Morgan fingerprint density at radius 2 is 1.90 bits per heavy atom. The van der Waals surface area contributed by atoms with Crippen molar-refractivity contribution in [2.24, 2.45) is 5.73 Å². The summed E-state index contributed by atoms with van der Waals surface area (Å²) < 4.78 is 12.7. The molecule has 0 radical (unpaired) electrons. The van der Waals surface area contributed by atoms with Crippen molar-refractivity contribution in [2.75, 3.05) is 0 Å². The minimum absolute atomic E-state index is 0.0509. The molecule has 0 bridgehead atoms. The lowest BCUT2D eigenvalue weighted by Gasteiger charge is -2.20. The van der Waals surface area contributed by atoms with Gasteiger partial charge in [0.1, 0.15) is 5.67 Å². The van der Waals surface area contributed by atoms with Crippen LogP contribution in [0.4, 0.5) is 4.39 Å². The van der Waals surface area contributed by atoms with Gasteiger partial charge in [0.15, 0.2) is 6.29 Å². The molecule has 4 N–H and O–H groups in total. The molecule has 3 nitrogen and oxygen atoms in total. The fraction of sp³-hybridized carbons (Fsp3) is 1.00. The Kier molecular flexibility index (Phi) is 3.21. The summed E-state index contributed by atoms with van der Waals surface area (Å²) in [4.78, 5) is 0. The van der Waals surface area contributed by atoms with E-state index in [0.717, 1.165) is 0 Å². The van der Waals surface area contributed by atoms with Gasteiger partial charge in [0, 0.05) is 6.42 Å². The number of halogens is 1. The largest absolute Gasteiger partial charge is 0.367 e. The number of nitrogens with two attached hydrogens (primary N) is 1. The second-order valence-corrected chi connectivity index (χ2v) is 3.00. The van der Waals surface area contributed by atoms with Crippen LogP contribution < -0.4 is 5.73 Å². The number of hydrogen-bond donors (Lipinski definition) is 3. The van der Waals surface area contributed by atoms with Gasteiger partial charge < -0.3 is 15.9 Å². The van der Waals surface area contributed by atoms with Crippen molar-refractivity contribution >= 4 is 0 Å². The molecule has 1 unspecified atom stereocenters. The number of rotatable bonds is 3. The molecule has 1 atom stereocenters. The van der Waals surface area contributed by atoms with Gasteiger partial charge in [-0.3, -0.25) is 0 Å². The predicted octanol–water partition coefficient (Wildman–Crippen LogP) is -0.237. The first-order chi connectivity index (χ1) is 4.33. The molecule has 0 rings (SSSR count). The first-order valence-corrected chi connectivity index (χ1v) is 3.13. The SMILES string of the molecule is CC(C)(F)CC(N)C(O)O. The molecular formula is C6H14FNO2. The van der Waals surface area contributed by atoms with Crippen molar-refractivity contribution in [3.8, 4) is 0 Å². The second-order valence-electron chi connectivity index (χ2n) is 3.00. The molecule has 0 saturated carbocycles. The zero-order valence-electron chi connectivity index (χ0n) is 6.21. The third-order valence-corrected chi connectivity index (χ3v) is 1.10. The van der Waals surface area contributed by atoms with Crippen LogP contribution in [0.2, 0.25) is 0 Å². The van der Waals surface area contributed by atoms with Crippen LogP contribution in [-0.2, 0) is 0 Å². The third-order valence-electron chi connectivity index (χ3n) is 1.10. The van der Waals surface area contributed by atoms with Gasteiger partial charge in [0.25, 0.3) is 0 Å². The van der Waals surface area contributed by atoms with Crippen molar-refractivity contribution in [3.63, 3.8) is 0 Å². The Balaban J connectivity index is 3.68. The van der Waals surface area contributed by atoms with Gasteiger partial charge in [-0.25, -0.2) is 4.39 Å². The Morgan fingerprint density at radius 3 is 2.00 bits per heavy atom. The Labute approximate surface area is 59.7 Å². The van der Waals surface area contributed by atoms with Gasteiger partial charge in [-0.05, 0) is 13.8 Å². The van der Waals surface area contributed by atoms with E-state index in [1.165, 1.54) is 13.8 Å². The van der Waals surface area contributed by atoms with E-state index in [0.29, 0.717) is 0 Å². The van der Waals surface area contributed by atoms with E-state index in [1.54, 1.807) is 0 Å². The molecule has 0 heterocycles. The zero-order valence-corrected chi connectivity index (χ0v) is 6.21. The van der Waals surface area contributed by atoms with E-state index in [4.69, 9.17) is 15.9 Å². The summed E-state index contributed by atoms with van der Waals surface area (Å²) >= 11 is 0. The average Bonchev–Trinajstić information content (AvgIpc) is 1.60. The van der Waals surface area contributed by atoms with Crippen molar-refractivity contribution in [1.29, 1.82) is 0 Å². The molecule has 0 fully saturated rings. The first kappa shape index (κ1) is 9.81. The van der Waals surface area contributed by atoms with E-state index in [1.807, 2.05) is 0 Å². The number of aliphatic hydroxyl groups excluding tert-OH is 1. The lowest BCUT2D eigenvalue weighted by Crippen LogP contribution is -2.39. The third kappa shape index (κ3) is 4.67. The lowest BCUT2D eigenvalue weighted by atomic mass is 10.0. The molecule has 0 spiro atoms. The van der Waals surface area contributed by atoms with Gasteiger partial charge in [-0.2, -0.15) is 0 Å². The molecule has 0 aliphatic carbocycles. The Morgan fingerprint density at radius 1 is 1.50 bits per heavy atom. The number of alkyl halides is 1. The Bertz CT molecular complexity index is 100. The number of hydrogen-bond acceptors (Lipinski definition) is 3. The molecule has 10 heavy (non-hydrogen) atoms. The molecular weight excluding hydrogens is 137 g/mol. The molecule has 0 aliphatic rings. The monoisotopic (exact) mass is 151 g/mol. The van der Waals surface area contributed by atoms with E-state index in [-0.39, 0.29) is 6.42 Å². The van der Waals surface area contributed by atoms with Crippen molar-refractivity contribution in [2.45, 2.75) is 38.3 Å². The molecule has 4 heteroatoms. The van der Waals surface area contributed by atoms with E-state index < -0.39 is 18.0 Å². The molecule has 62 valence electrons. The van der Waals surface area contributed by atoms with Crippen molar-refractivity contribution in [3.05, 3.63) is 0 Å². The van der Waals surface area contributed by atoms with Crippen molar-refractivity contribution < 1.29 is 14.6 Å². The highest BCUT2D eigenvalue weighted by atomic mass is 19.1. The van der Waals surface area contributed by atoms with Crippen LogP contribution in [-0.4, -0.2) is 28.2 Å². The Hall–Kier alpha value is -0.190. The van der Waals surface area contributed by atoms with Gasteiger partial charge in [0.2, 0.25) is 0 Å². The van der Waals surface area contributed by atoms with Crippen LogP contribution in [0.5, 0.6) is 0 Å². The molecule has 0 amide bonds. The fourth-order valence-corrected chi connectivity index (χ4v) is 0.666. The van der Waals surface area contributed by atoms with Crippen LogP contribution in [0, 0.1) is 0 Å². The van der Waals surface area contributed by atoms with Crippen LogP contribution in [0.25, 0.3) is 0 Å². The normalized spacial score (nSPS) is 15.9. The van der Waals surface area contributed by atoms with Crippen molar-refractivity contribution in [1.82, 2.24) is 0 Å². The lowest BCUT2D eigenvalue weighted by molar-refractivity contribution is -0.0679. The molecule has 0 saturated heterocycles. The maximum Gasteiger partial charge on any atom is 0.166 e. The highest BCUT2D eigenvalue weighted by molar-refractivity contribution is 4.75. The van der Waals surface area contributed by atoms with Crippen LogP contribution in [0.3, 0.4) is 0 Å². The summed E-state index contributed by atoms with van der Waals surface area (Å²) in [6.07, 6.45) is -1.68. The molecule has 0 aromatic rings. The van der Waals surface area contributed by atoms with Gasteiger partial charge in [-0.15, -0.1) is 0 Å². The summed E-state index contributed by atoms with van der Waals surface area (Å²) in [7, 11) is 0. The van der Waals surface area contributed by atoms with E-state index >= 15 is 0 Å². The summed E-state index contributed by atoms with van der Waals surface area (Å²) in [5.74, 6) is 0. The van der Waals surface area contributed by atoms with Gasteiger partial charge in [0.05, 0.1) is 6.04 Å². The molecule has 0 aromatic heterocycles. The standard InChI is InChI=1S/C6H14FNO2/c1-6(2,7)3-4(8)5(9)10/h4-5,9-10H,3,8H2,1-2H3. The highest BCUT2D eigenvalue weighted by Gasteiger charge is 2.23. The second kappa shape index (κ2) is 3.27. The molecule has 0 aromatic carbocycles. The topological polar surface area (TPSA) is 66.5 Å². The smallest absolute Gasteiger partial charge is 0.166 e. The highest BCUT2D eigenvalue weighted by Crippen LogP contribution is 2.15. The zero-order chi connectivity index (χ0) is 8.36. The summed E-state index contributed by atoms with van der Waals surface area (Å²) in [6, 6.07) is -0.903. The summed E-state index contributed by atoms with van der Waals surface area (Å²) in [5.41, 5.74) is 3.72. The predicted molar refractivity (Wildman–Crippen MR) is 36.0 cm³/mol. The van der Waals surface area contributed by atoms with Gasteiger partial charge >= 0.3 is 0 Å².